The number of aromatic nitrogens is 2. The minimum absolute atomic E-state index is 0.0117. The molecule has 28 heavy (non-hydrogen) atoms. The molecule has 1 aromatic carbocycles. The molecule has 0 saturated heterocycles. The number of rotatable bonds is 5. The maximum atomic E-state index is 11.9. The zero-order chi connectivity index (χ0) is 20.1. The second-order valence-electron chi connectivity index (χ2n) is 6.47. The number of halogens is 2. The molecule has 2 atom stereocenters. The first-order valence-corrected chi connectivity index (χ1v) is 10.0. The second-order valence-corrected chi connectivity index (χ2v) is 7.73. The minimum atomic E-state index is -0.449. The number of anilines is 3. The highest BCUT2D eigenvalue weighted by Gasteiger charge is 2.26. The molecule has 1 aliphatic carbocycles. The first kappa shape index (κ1) is 20.4. The highest BCUT2D eigenvalue weighted by Crippen LogP contribution is 2.30. The van der Waals surface area contributed by atoms with Gasteiger partial charge in [0, 0.05) is 16.2 Å². The van der Waals surface area contributed by atoms with Crippen molar-refractivity contribution in [2.45, 2.75) is 31.7 Å². The van der Waals surface area contributed by atoms with Crippen molar-refractivity contribution in [1.82, 2.24) is 9.97 Å². The third-order valence-corrected chi connectivity index (χ3v) is 5.59. The number of methoxy groups -OCH3 is 1. The molecule has 1 saturated carbocycles. The zero-order valence-electron chi connectivity index (χ0n) is 15.2. The van der Waals surface area contributed by atoms with Gasteiger partial charge < -0.3 is 15.4 Å². The van der Waals surface area contributed by atoms with E-state index < -0.39 is 5.97 Å². The number of hydrogen-bond acceptors (Lipinski definition) is 7. The van der Waals surface area contributed by atoms with Crippen molar-refractivity contribution in [2.24, 2.45) is 5.92 Å². The Labute approximate surface area is 176 Å². The van der Waals surface area contributed by atoms with Crippen LogP contribution >= 0.6 is 27.5 Å². The molecule has 1 heterocycles. The van der Waals surface area contributed by atoms with E-state index in [1.165, 1.54) is 13.3 Å². The van der Waals surface area contributed by atoms with Crippen LogP contribution in [0, 0.1) is 17.2 Å². The van der Waals surface area contributed by atoms with Gasteiger partial charge in [0.1, 0.15) is 5.02 Å². The number of hydrogen-bond donors (Lipinski definition) is 2. The molecule has 2 N–H and O–H groups in total. The van der Waals surface area contributed by atoms with Crippen LogP contribution in [-0.4, -0.2) is 29.1 Å². The lowest BCUT2D eigenvalue weighted by atomic mass is 9.85. The van der Waals surface area contributed by atoms with Crippen LogP contribution in [-0.2, 0) is 4.74 Å². The van der Waals surface area contributed by atoms with Crippen molar-refractivity contribution < 1.29 is 9.53 Å². The van der Waals surface area contributed by atoms with E-state index in [-0.39, 0.29) is 12.0 Å². The molecule has 2 unspecified atom stereocenters. The summed E-state index contributed by atoms with van der Waals surface area (Å²) in [5.41, 5.74) is 1.02. The van der Waals surface area contributed by atoms with Gasteiger partial charge in [-0.25, -0.2) is 9.78 Å². The van der Waals surface area contributed by atoms with Crippen LogP contribution in [0.2, 0.25) is 5.02 Å². The summed E-state index contributed by atoms with van der Waals surface area (Å²) in [4.78, 5) is 20.5. The van der Waals surface area contributed by atoms with Crippen LogP contribution < -0.4 is 10.6 Å². The van der Waals surface area contributed by atoms with E-state index in [4.69, 9.17) is 16.3 Å². The fraction of sp³-hybridized carbons (Fsp3) is 0.368. The van der Waals surface area contributed by atoms with Gasteiger partial charge in [-0.15, -0.1) is 0 Å². The number of esters is 1. The fourth-order valence-corrected chi connectivity index (χ4v) is 3.71. The van der Waals surface area contributed by atoms with Crippen molar-refractivity contribution in [3.63, 3.8) is 0 Å². The summed E-state index contributed by atoms with van der Waals surface area (Å²) < 4.78 is 5.41. The summed E-state index contributed by atoms with van der Waals surface area (Å²) in [6, 6.07) is 7.55. The highest BCUT2D eigenvalue weighted by atomic mass is 79.9. The van der Waals surface area contributed by atoms with E-state index >= 15 is 0 Å². The lowest BCUT2D eigenvalue weighted by Gasteiger charge is -2.28. The molecule has 0 radical (unpaired) electrons. The Morgan fingerprint density at radius 2 is 2.18 bits per heavy atom. The van der Waals surface area contributed by atoms with E-state index in [1.54, 1.807) is 18.2 Å². The number of ether oxygens (including phenoxy) is 1. The van der Waals surface area contributed by atoms with Crippen LogP contribution in [0.4, 0.5) is 17.5 Å². The Balaban J connectivity index is 1.80. The maximum absolute atomic E-state index is 11.9. The molecular formula is C19H19BrClN5O2. The van der Waals surface area contributed by atoms with Crippen molar-refractivity contribution in [2.75, 3.05) is 17.7 Å². The maximum Gasteiger partial charge on any atom is 0.339 e. The summed E-state index contributed by atoms with van der Waals surface area (Å²) in [6.07, 6.45) is 5.41. The lowest BCUT2D eigenvalue weighted by Crippen LogP contribution is -2.31. The second kappa shape index (κ2) is 9.22. The number of nitrogens with zero attached hydrogens (tertiary/aromatic N) is 3. The molecule has 3 rings (SSSR count). The molecule has 7 nitrogen and oxygen atoms in total. The predicted octanol–water partition coefficient (Wildman–Crippen LogP) is 4.92. The fourth-order valence-electron chi connectivity index (χ4n) is 3.16. The monoisotopic (exact) mass is 463 g/mol. The molecule has 1 aromatic heterocycles. The van der Waals surface area contributed by atoms with Crippen molar-refractivity contribution in [3.05, 3.63) is 39.5 Å². The molecule has 9 heteroatoms. The number of benzene rings is 1. The standard InChI is InChI=1S/C19H19BrClN5O2/c1-28-18(27)13-8-12(6-7-14(13)20)24-19-23-10-15(21)17(26-19)25-16-5-3-2-4-11(16)9-22/h6-8,10-11,16H,2-5H2,1H3,(H2,23,24,25,26). The molecule has 2 aromatic rings. The van der Waals surface area contributed by atoms with Crippen molar-refractivity contribution in [1.29, 1.82) is 5.26 Å². The van der Waals surface area contributed by atoms with Gasteiger partial charge in [0.2, 0.25) is 5.95 Å². The Bertz CT molecular complexity index is 918. The van der Waals surface area contributed by atoms with Crippen LogP contribution in [0.5, 0.6) is 0 Å². The average molecular weight is 465 g/mol. The lowest BCUT2D eigenvalue weighted by molar-refractivity contribution is 0.0599. The van der Waals surface area contributed by atoms with Crippen molar-refractivity contribution >= 4 is 51.0 Å². The van der Waals surface area contributed by atoms with Crippen LogP contribution in [0.1, 0.15) is 36.0 Å². The molecule has 0 bridgehead atoms. The third kappa shape index (κ3) is 4.72. The Morgan fingerprint density at radius 3 is 2.93 bits per heavy atom. The summed E-state index contributed by atoms with van der Waals surface area (Å²) in [6.45, 7) is 0. The van der Waals surface area contributed by atoms with E-state index in [1.807, 2.05) is 0 Å². The first-order valence-electron chi connectivity index (χ1n) is 8.85. The molecule has 1 aliphatic rings. The first-order chi connectivity index (χ1) is 13.5. The smallest absolute Gasteiger partial charge is 0.339 e. The highest BCUT2D eigenvalue weighted by molar-refractivity contribution is 9.10. The van der Waals surface area contributed by atoms with Crippen molar-refractivity contribution in [3.8, 4) is 6.07 Å². The quantitative estimate of drug-likeness (QED) is 0.606. The average Bonchev–Trinajstić information content (AvgIpc) is 2.71. The number of carbonyl (C=O) groups is 1. The number of carbonyl (C=O) groups excluding carboxylic acids is 1. The largest absolute Gasteiger partial charge is 0.465 e. The van der Waals surface area contributed by atoms with Crippen LogP contribution in [0.15, 0.2) is 28.9 Å². The van der Waals surface area contributed by atoms with Gasteiger partial charge in [-0.2, -0.15) is 10.2 Å². The molecule has 1 fully saturated rings. The summed E-state index contributed by atoms with van der Waals surface area (Å²) in [5, 5.41) is 16.1. The van der Waals surface area contributed by atoms with Gasteiger partial charge in [-0.1, -0.05) is 24.4 Å². The van der Waals surface area contributed by atoms with E-state index in [0.717, 1.165) is 25.7 Å². The SMILES string of the molecule is COC(=O)c1cc(Nc2ncc(Cl)c(NC3CCCCC3C#N)n2)ccc1Br. The van der Waals surface area contributed by atoms with Gasteiger partial charge in [0.25, 0.3) is 0 Å². The van der Waals surface area contributed by atoms with Crippen LogP contribution in [0.3, 0.4) is 0 Å². The molecule has 0 aliphatic heterocycles. The van der Waals surface area contributed by atoms with Gasteiger partial charge >= 0.3 is 5.97 Å². The minimum Gasteiger partial charge on any atom is -0.465 e. The predicted molar refractivity (Wildman–Crippen MR) is 111 cm³/mol. The van der Waals surface area contributed by atoms with Gasteiger partial charge in [0.05, 0.1) is 30.9 Å². The van der Waals surface area contributed by atoms with E-state index in [0.29, 0.717) is 32.5 Å². The Kier molecular flexibility index (Phi) is 6.70. The number of nitriles is 1. The zero-order valence-corrected chi connectivity index (χ0v) is 17.5. The van der Waals surface area contributed by atoms with Crippen LogP contribution in [0.25, 0.3) is 0 Å². The summed E-state index contributed by atoms with van der Waals surface area (Å²) in [7, 11) is 1.33. The van der Waals surface area contributed by atoms with Gasteiger partial charge in [-0.05, 0) is 47.0 Å². The molecule has 0 spiro atoms. The van der Waals surface area contributed by atoms with E-state index in [9.17, 15) is 10.1 Å². The van der Waals surface area contributed by atoms with Gasteiger partial charge in [-0.3, -0.25) is 0 Å². The topological polar surface area (TPSA) is 99.9 Å². The van der Waals surface area contributed by atoms with Gasteiger partial charge in [0.15, 0.2) is 5.82 Å². The normalized spacial score (nSPS) is 18.8. The Hall–Kier alpha value is -2.37. The number of nitrogens with one attached hydrogen (secondary N) is 2. The molecular weight excluding hydrogens is 446 g/mol. The Morgan fingerprint density at radius 1 is 1.39 bits per heavy atom. The van der Waals surface area contributed by atoms with E-state index in [2.05, 4.69) is 42.6 Å². The molecule has 0 amide bonds. The third-order valence-electron chi connectivity index (χ3n) is 4.63. The molecule has 146 valence electrons. The summed E-state index contributed by atoms with van der Waals surface area (Å²) >= 11 is 9.58. The summed E-state index contributed by atoms with van der Waals surface area (Å²) in [5.74, 6) is 0.297.